The van der Waals surface area contributed by atoms with Crippen molar-refractivity contribution < 1.29 is 13.2 Å². The molecule has 118 valence electrons. The van der Waals surface area contributed by atoms with E-state index in [1.165, 1.54) is 4.90 Å². The van der Waals surface area contributed by atoms with Gasteiger partial charge in [-0.15, -0.1) is 0 Å². The molecule has 0 spiro atoms. The zero-order valence-electron chi connectivity index (χ0n) is 12.4. The third-order valence-electron chi connectivity index (χ3n) is 3.65. The lowest BCUT2D eigenvalue weighted by Gasteiger charge is -2.35. The summed E-state index contributed by atoms with van der Waals surface area (Å²) in [4.78, 5) is 8.05. The fourth-order valence-electron chi connectivity index (χ4n) is 2.52. The van der Waals surface area contributed by atoms with Crippen LogP contribution in [0.3, 0.4) is 0 Å². The van der Waals surface area contributed by atoms with Crippen LogP contribution >= 0.6 is 0 Å². The fraction of sp³-hybridized carbons (Fsp3) is 0.643. The Morgan fingerprint density at radius 1 is 1.19 bits per heavy atom. The zero-order chi connectivity index (χ0) is 15.5. The summed E-state index contributed by atoms with van der Waals surface area (Å²) in [5.41, 5.74) is 2.09. The molecule has 2 rings (SSSR count). The maximum Gasteiger partial charge on any atom is 0.401 e. The van der Waals surface area contributed by atoms with Gasteiger partial charge >= 0.3 is 6.18 Å². The van der Waals surface area contributed by atoms with Gasteiger partial charge in [-0.3, -0.25) is 4.90 Å². The molecule has 1 N–H and O–H groups in total. The van der Waals surface area contributed by atoms with Crippen LogP contribution in [0.2, 0.25) is 0 Å². The third kappa shape index (κ3) is 4.57. The van der Waals surface area contributed by atoms with Crippen LogP contribution in [0.15, 0.2) is 12.1 Å². The van der Waals surface area contributed by atoms with Crippen LogP contribution in [0.5, 0.6) is 0 Å². The predicted molar refractivity (Wildman–Crippen MR) is 76.4 cm³/mol. The Bertz CT molecular complexity index is 468. The highest BCUT2D eigenvalue weighted by Crippen LogP contribution is 2.20. The molecule has 0 unspecified atom stereocenters. The Kier molecular flexibility index (Phi) is 5.05. The van der Waals surface area contributed by atoms with Crippen LogP contribution in [-0.2, 0) is 6.54 Å². The van der Waals surface area contributed by atoms with Crippen molar-refractivity contribution in [1.82, 2.24) is 15.2 Å². The lowest BCUT2D eigenvalue weighted by molar-refractivity contribution is -0.146. The average molecular weight is 302 g/mol. The second-order valence-electron chi connectivity index (χ2n) is 5.32. The lowest BCUT2D eigenvalue weighted by Crippen LogP contribution is -2.49. The van der Waals surface area contributed by atoms with Crippen LogP contribution in [-0.4, -0.2) is 55.8 Å². The number of pyridine rings is 1. The van der Waals surface area contributed by atoms with Gasteiger partial charge in [-0.1, -0.05) is 6.07 Å². The second kappa shape index (κ2) is 6.62. The molecule has 0 radical (unpaired) electrons. The van der Waals surface area contributed by atoms with Crippen molar-refractivity contribution in [2.75, 3.05) is 44.7 Å². The van der Waals surface area contributed by atoms with E-state index in [-0.39, 0.29) is 0 Å². The smallest absolute Gasteiger partial charge is 0.354 e. The Balaban J connectivity index is 1.94. The minimum absolute atomic E-state index is 0.415. The minimum Gasteiger partial charge on any atom is -0.354 e. The van der Waals surface area contributed by atoms with Gasteiger partial charge in [-0.05, 0) is 25.6 Å². The third-order valence-corrected chi connectivity index (χ3v) is 3.65. The number of nitrogens with zero attached hydrogens (tertiary/aromatic N) is 3. The summed E-state index contributed by atoms with van der Waals surface area (Å²) in [6.45, 7) is 3.88. The van der Waals surface area contributed by atoms with Crippen LogP contribution in [0, 0.1) is 6.92 Å². The number of piperazine rings is 1. The molecule has 4 nitrogen and oxygen atoms in total. The van der Waals surface area contributed by atoms with Gasteiger partial charge in [-0.2, -0.15) is 13.2 Å². The van der Waals surface area contributed by atoms with E-state index < -0.39 is 12.7 Å². The molecule has 21 heavy (non-hydrogen) atoms. The molecular formula is C14H21F3N4. The highest BCUT2D eigenvalue weighted by Gasteiger charge is 2.32. The van der Waals surface area contributed by atoms with Gasteiger partial charge in [0.2, 0.25) is 0 Å². The van der Waals surface area contributed by atoms with Gasteiger partial charge in [0.15, 0.2) is 0 Å². The topological polar surface area (TPSA) is 31.4 Å². The number of hydrogen-bond acceptors (Lipinski definition) is 4. The first-order valence-corrected chi connectivity index (χ1v) is 7.04. The number of hydrogen-bond donors (Lipinski definition) is 1. The van der Waals surface area contributed by atoms with E-state index in [0.29, 0.717) is 26.2 Å². The Hall–Kier alpha value is -1.34. The van der Waals surface area contributed by atoms with Gasteiger partial charge in [0.05, 0.1) is 6.54 Å². The quantitative estimate of drug-likeness (QED) is 0.919. The monoisotopic (exact) mass is 302 g/mol. The molecule has 2 heterocycles. The van der Waals surface area contributed by atoms with Crippen molar-refractivity contribution in [1.29, 1.82) is 0 Å². The van der Waals surface area contributed by atoms with Crippen molar-refractivity contribution in [2.45, 2.75) is 19.6 Å². The average Bonchev–Trinajstić information content (AvgIpc) is 2.40. The normalized spacial score (nSPS) is 17.3. The summed E-state index contributed by atoms with van der Waals surface area (Å²) >= 11 is 0. The van der Waals surface area contributed by atoms with E-state index in [1.807, 2.05) is 31.0 Å². The largest absolute Gasteiger partial charge is 0.401 e. The van der Waals surface area contributed by atoms with E-state index in [1.54, 1.807) is 0 Å². The number of aromatic nitrogens is 1. The molecule has 1 aliphatic heterocycles. The molecule has 0 aromatic carbocycles. The van der Waals surface area contributed by atoms with Crippen LogP contribution in [0.25, 0.3) is 0 Å². The maximum absolute atomic E-state index is 12.4. The standard InChI is InChI=1S/C14H21F3N4/c1-11-12(9-18-2)3-4-13(19-11)21-7-5-20(6-8-21)10-14(15,16)17/h3-4,18H,5-10H2,1-2H3. The van der Waals surface area contributed by atoms with Crippen molar-refractivity contribution in [2.24, 2.45) is 0 Å². The first-order chi connectivity index (χ1) is 9.89. The number of nitrogens with one attached hydrogen (secondary N) is 1. The molecule has 0 amide bonds. The minimum atomic E-state index is -4.12. The first-order valence-electron chi connectivity index (χ1n) is 7.04. The van der Waals surface area contributed by atoms with Crippen LogP contribution < -0.4 is 10.2 Å². The maximum atomic E-state index is 12.4. The number of anilines is 1. The van der Waals surface area contributed by atoms with Crippen molar-refractivity contribution in [3.8, 4) is 0 Å². The second-order valence-corrected chi connectivity index (χ2v) is 5.32. The van der Waals surface area contributed by atoms with E-state index in [4.69, 9.17) is 0 Å². The molecule has 0 atom stereocenters. The van der Waals surface area contributed by atoms with E-state index in [2.05, 4.69) is 10.3 Å². The molecule has 0 saturated carbocycles. The molecule has 1 fully saturated rings. The van der Waals surface area contributed by atoms with Gasteiger partial charge in [0.25, 0.3) is 0 Å². The number of rotatable bonds is 4. The van der Waals surface area contributed by atoms with Crippen molar-refractivity contribution in [3.63, 3.8) is 0 Å². The molecular weight excluding hydrogens is 281 g/mol. The van der Waals surface area contributed by atoms with Gasteiger partial charge in [-0.25, -0.2) is 4.98 Å². The highest BCUT2D eigenvalue weighted by atomic mass is 19.4. The Morgan fingerprint density at radius 2 is 1.86 bits per heavy atom. The zero-order valence-corrected chi connectivity index (χ0v) is 12.4. The van der Waals surface area contributed by atoms with E-state index in [9.17, 15) is 13.2 Å². The molecule has 0 aliphatic carbocycles. The molecule has 7 heteroatoms. The lowest BCUT2D eigenvalue weighted by atomic mass is 10.2. The summed E-state index contributed by atoms with van der Waals surface area (Å²) in [6, 6.07) is 3.97. The summed E-state index contributed by atoms with van der Waals surface area (Å²) in [7, 11) is 1.88. The van der Waals surface area contributed by atoms with Gasteiger partial charge in [0.1, 0.15) is 5.82 Å². The van der Waals surface area contributed by atoms with E-state index in [0.717, 1.165) is 23.6 Å². The Labute approximate surface area is 122 Å². The molecule has 1 aliphatic rings. The molecule has 1 saturated heterocycles. The highest BCUT2D eigenvalue weighted by molar-refractivity contribution is 5.42. The summed E-state index contributed by atoms with van der Waals surface area (Å²) in [6.07, 6.45) is -4.12. The molecule has 0 bridgehead atoms. The number of halogens is 3. The van der Waals surface area contributed by atoms with E-state index >= 15 is 0 Å². The van der Waals surface area contributed by atoms with Gasteiger partial charge in [0, 0.05) is 38.4 Å². The fourth-order valence-corrected chi connectivity index (χ4v) is 2.52. The number of alkyl halides is 3. The summed E-state index contributed by atoms with van der Waals surface area (Å²) in [5, 5.41) is 3.08. The molecule has 1 aromatic rings. The van der Waals surface area contributed by atoms with Crippen LogP contribution in [0.4, 0.5) is 19.0 Å². The summed E-state index contributed by atoms with van der Waals surface area (Å²) < 4.78 is 37.1. The number of aryl methyl sites for hydroxylation is 1. The Morgan fingerprint density at radius 3 is 2.38 bits per heavy atom. The first kappa shape index (κ1) is 16.0. The summed E-state index contributed by atoms with van der Waals surface area (Å²) in [5.74, 6) is 0.846. The van der Waals surface area contributed by atoms with Crippen molar-refractivity contribution in [3.05, 3.63) is 23.4 Å². The van der Waals surface area contributed by atoms with Crippen LogP contribution in [0.1, 0.15) is 11.3 Å². The van der Waals surface area contributed by atoms with Gasteiger partial charge < -0.3 is 10.2 Å². The van der Waals surface area contributed by atoms with Crippen molar-refractivity contribution >= 4 is 5.82 Å². The predicted octanol–water partition coefficient (Wildman–Crippen LogP) is 1.79. The SMILES string of the molecule is CNCc1ccc(N2CCN(CC(F)(F)F)CC2)nc1C. The molecule has 1 aromatic heterocycles.